The molecule has 3 rings (SSSR count). The van der Waals surface area contributed by atoms with Crippen LogP contribution >= 0.6 is 11.8 Å². The first-order valence-corrected chi connectivity index (χ1v) is 12.6. The molecular formula is C26H33N7OS. The molecule has 0 unspecified atom stereocenters. The predicted octanol–water partition coefficient (Wildman–Crippen LogP) is 4.55. The van der Waals surface area contributed by atoms with Crippen molar-refractivity contribution in [1.82, 2.24) is 20.2 Å². The zero-order chi connectivity index (χ0) is 25.0. The number of carbonyl (C=O) groups excluding carboxylic acids is 1. The average molecular weight is 492 g/mol. The van der Waals surface area contributed by atoms with E-state index >= 15 is 0 Å². The maximum atomic E-state index is 12.6. The number of hydrogen-bond acceptors (Lipinski definition) is 7. The van der Waals surface area contributed by atoms with E-state index in [9.17, 15) is 4.79 Å². The Morgan fingerprint density at radius 2 is 1.86 bits per heavy atom. The van der Waals surface area contributed by atoms with Crippen molar-refractivity contribution in [2.45, 2.75) is 44.3 Å². The fourth-order valence-corrected chi connectivity index (χ4v) is 4.29. The van der Waals surface area contributed by atoms with Gasteiger partial charge in [0.05, 0.1) is 18.0 Å². The number of allylic oxidation sites excluding steroid dienone is 1. The summed E-state index contributed by atoms with van der Waals surface area (Å²) in [6.45, 7) is 12.9. The maximum Gasteiger partial charge on any atom is 0.253 e. The van der Waals surface area contributed by atoms with Gasteiger partial charge in [-0.05, 0) is 50.6 Å². The molecule has 2 N–H and O–H groups in total. The van der Waals surface area contributed by atoms with Crippen LogP contribution in [0.4, 0.5) is 11.4 Å². The molecule has 8 nitrogen and oxygen atoms in total. The minimum absolute atomic E-state index is 0.205. The number of carbonyl (C=O) groups is 1. The monoisotopic (exact) mass is 491 g/mol. The van der Waals surface area contributed by atoms with Crippen molar-refractivity contribution < 1.29 is 4.79 Å². The van der Waals surface area contributed by atoms with Crippen LogP contribution in [0.15, 0.2) is 77.5 Å². The second kappa shape index (κ2) is 13.3. The van der Waals surface area contributed by atoms with Gasteiger partial charge in [0, 0.05) is 31.0 Å². The zero-order valence-corrected chi connectivity index (χ0v) is 21.3. The van der Waals surface area contributed by atoms with Crippen LogP contribution in [0, 0.1) is 0 Å². The lowest BCUT2D eigenvalue weighted by Crippen LogP contribution is -2.27. The average Bonchev–Trinajstić information content (AvgIpc) is 3.26. The van der Waals surface area contributed by atoms with E-state index in [0.29, 0.717) is 18.2 Å². The van der Waals surface area contributed by atoms with Crippen molar-refractivity contribution in [2.24, 2.45) is 5.10 Å². The molecule has 0 saturated carbocycles. The Bertz CT molecular complexity index is 1110. The Morgan fingerprint density at radius 3 is 2.51 bits per heavy atom. The first kappa shape index (κ1) is 26.0. The minimum Gasteiger partial charge on any atom is -0.378 e. The lowest BCUT2D eigenvalue weighted by molar-refractivity contribution is -0.120. The second-order valence-electron chi connectivity index (χ2n) is 7.78. The number of thioether (sulfide) groups is 1. The molecule has 0 saturated heterocycles. The largest absolute Gasteiger partial charge is 0.378 e. The van der Waals surface area contributed by atoms with Gasteiger partial charge in [0.15, 0.2) is 11.0 Å². The van der Waals surface area contributed by atoms with Gasteiger partial charge in [-0.25, -0.2) is 5.43 Å². The number of anilines is 2. The highest BCUT2D eigenvalue weighted by Crippen LogP contribution is 2.23. The summed E-state index contributed by atoms with van der Waals surface area (Å²) in [6, 6.07) is 18.0. The van der Waals surface area contributed by atoms with Crippen molar-refractivity contribution in [3.05, 3.63) is 78.6 Å². The Kier molecular flexibility index (Phi) is 9.92. The van der Waals surface area contributed by atoms with Gasteiger partial charge in [0.25, 0.3) is 5.91 Å². The number of nitrogens with one attached hydrogen (secondary N) is 2. The Labute approximate surface area is 211 Å². The molecule has 9 heteroatoms. The quantitative estimate of drug-likeness (QED) is 0.158. The van der Waals surface area contributed by atoms with Gasteiger partial charge in [-0.3, -0.25) is 4.79 Å². The lowest BCUT2D eigenvalue weighted by atomic mass is 10.2. The Hall–Kier alpha value is -3.59. The highest BCUT2D eigenvalue weighted by molar-refractivity contribution is 8.00. The number of benzene rings is 2. The molecule has 1 amide bonds. The summed E-state index contributed by atoms with van der Waals surface area (Å²) in [5, 5.41) is 16.3. The van der Waals surface area contributed by atoms with Crippen molar-refractivity contribution >= 4 is 35.3 Å². The number of amides is 1. The number of nitrogens with zero attached hydrogens (tertiary/aromatic N) is 5. The Balaban J connectivity index is 1.56. The highest BCUT2D eigenvalue weighted by Gasteiger charge is 2.19. The SMILES string of the molecule is C=CCn1c(CNc2ccccc2)nnc1S[C@@H](C)C(=O)NN=Cc1ccc(N(CC)CC)cc1. The van der Waals surface area contributed by atoms with Gasteiger partial charge in [-0.2, -0.15) is 5.10 Å². The lowest BCUT2D eigenvalue weighted by Gasteiger charge is -2.20. The molecular weight excluding hydrogens is 458 g/mol. The van der Waals surface area contributed by atoms with Crippen LogP contribution in [0.5, 0.6) is 0 Å². The molecule has 0 spiro atoms. The predicted molar refractivity (Wildman–Crippen MR) is 145 cm³/mol. The van der Waals surface area contributed by atoms with Crippen LogP contribution in [-0.4, -0.2) is 45.2 Å². The van der Waals surface area contributed by atoms with Crippen LogP contribution < -0.4 is 15.6 Å². The molecule has 0 aliphatic carbocycles. The van der Waals surface area contributed by atoms with E-state index in [0.717, 1.165) is 30.2 Å². The normalized spacial score (nSPS) is 11.9. The standard InChI is InChI=1S/C26H33N7OS/c1-5-17-33-24(19-27-22-11-9-8-10-12-22)29-31-26(33)35-20(4)25(34)30-28-18-21-13-15-23(16-14-21)32(6-2)7-3/h5,8-16,18,20,27H,1,6-7,17,19H2,2-4H3,(H,30,34)/t20-/m0/s1. The minimum atomic E-state index is -0.403. The van der Waals surface area contributed by atoms with E-state index in [1.807, 2.05) is 54.0 Å². The molecule has 1 heterocycles. The molecule has 3 aromatic rings. The van der Waals surface area contributed by atoms with E-state index < -0.39 is 5.25 Å². The molecule has 0 radical (unpaired) electrons. The molecule has 1 atom stereocenters. The third kappa shape index (κ3) is 7.45. The third-order valence-electron chi connectivity index (χ3n) is 5.39. The topological polar surface area (TPSA) is 87.4 Å². The summed E-state index contributed by atoms with van der Waals surface area (Å²) in [5.41, 5.74) is 5.72. The number of para-hydroxylation sites is 1. The number of aromatic nitrogens is 3. The van der Waals surface area contributed by atoms with Gasteiger partial charge >= 0.3 is 0 Å². The van der Waals surface area contributed by atoms with Crippen molar-refractivity contribution in [1.29, 1.82) is 0 Å². The molecule has 0 aliphatic heterocycles. The number of rotatable bonds is 13. The van der Waals surface area contributed by atoms with E-state index in [-0.39, 0.29) is 5.91 Å². The molecule has 2 aromatic carbocycles. The first-order valence-electron chi connectivity index (χ1n) is 11.7. The first-order chi connectivity index (χ1) is 17.0. The van der Waals surface area contributed by atoms with Crippen molar-refractivity contribution in [2.75, 3.05) is 23.3 Å². The molecule has 1 aromatic heterocycles. The summed E-state index contributed by atoms with van der Waals surface area (Å²) < 4.78 is 1.96. The molecule has 0 aliphatic rings. The van der Waals surface area contributed by atoms with Crippen LogP contribution in [0.1, 0.15) is 32.2 Å². The van der Waals surface area contributed by atoms with E-state index in [1.165, 1.54) is 17.4 Å². The van der Waals surface area contributed by atoms with E-state index in [4.69, 9.17) is 0 Å². The number of hydrogen-bond donors (Lipinski definition) is 2. The molecule has 0 bridgehead atoms. The maximum absolute atomic E-state index is 12.6. The smallest absolute Gasteiger partial charge is 0.253 e. The van der Waals surface area contributed by atoms with Crippen LogP contribution in [-0.2, 0) is 17.9 Å². The van der Waals surface area contributed by atoms with Crippen molar-refractivity contribution in [3.8, 4) is 0 Å². The summed E-state index contributed by atoms with van der Waals surface area (Å²) in [4.78, 5) is 14.9. The summed E-state index contributed by atoms with van der Waals surface area (Å²) in [5.74, 6) is 0.568. The third-order valence-corrected chi connectivity index (χ3v) is 6.47. The molecule has 0 fully saturated rings. The number of hydrazone groups is 1. The van der Waals surface area contributed by atoms with Gasteiger partial charge < -0.3 is 14.8 Å². The van der Waals surface area contributed by atoms with Crippen molar-refractivity contribution in [3.63, 3.8) is 0 Å². The Morgan fingerprint density at radius 1 is 1.14 bits per heavy atom. The van der Waals surface area contributed by atoms with E-state index in [2.05, 4.69) is 63.5 Å². The summed E-state index contributed by atoms with van der Waals surface area (Å²) >= 11 is 1.34. The zero-order valence-electron chi connectivity index (χ0n) is 20.5. The van der Waals surface area contributed by atoms with Crippen LogP contribution in [0.3, 0.4) is 0 Å². The van der Waals surface area contributed by atoms with Crippen LogP contribution in [0.25, 0.3) is 0 Å². The van der Waals surface area contributed by atoms with E-state index in [1.54, 1.807) is 12.3 Å². The van der Waals surface area contributed by atoms with Gasteiger partial charge in [0.2, 0.25) is 0 Å². The summed E-state index contributed by atoms with van der Waals surface area (Å²) in [7, 11) is 0. The fraction of sp³-hybridized carbons (Fsp3) is 0.308. The van der Waals surface area contributed by atoms with Gasteiger partial charge in [-0.15, -0.1) is 16.8 Å². The second-order valence-corrected chi connectivity index (χ2v) is 9.08. The highest BCUT2D eigenvalue weighted by atomic mass is 32.2. The molecule has 184 valence electrons. The van der Waals surface area contributed by atoms with Gasteiger partial charge in [0.1, 0.15) is 0 Å². The molecule has 35 heavy (non-hydrogen) atoms. The fourth-order valence-electron chi connectivity index (χ4n) is 3.42. The summed E-state index contributed by atoms with van der Waals surface area (Å²) in [6.07, 6.45) is 3.44. The van der Waals surface area contributed by atoms with Crippen LogP contribution in [0.2, 0.25) is 0 Å². The van der Waals surface area contributed by atoms with Gasteiger partial charge in [-0.1, -0.05) is 48.2 Å².